The average Bonchev–Trinajstić information content (AvgIpc) is 2.87. The second-order valence-corrected chi connectivity index (χ2v) is 9.91. The molecule has 3 aromatic carbocycles. The topological polar surface area (TPSA) is 114 Å². The summed E-state index contributed by atoms with van der Waals surface area (Å²) >= 11 is 3.32. The van der Waals surface area contributed by atoms with E-state index in [0.717, 1.165) is 4.47 Å². The first kappa shape index (κ1) is 27.3. The van der Waals surface area contributed by atoms with Crippen LogP contribution in [0.25, 0.3) is 6.08 Å². The highest BCUT2D eigenvalue weighted by Gasteiger charge is 2.21. The van der Waals surface area contributed by atoms with Crippen LogP contribution in [0.5, 0.6) is 5.75 Å². The highest BCUT2D eigenvalue weighted by atomic mass is 79.9. The number of esters is 1. The lowest BCUT2D eigenvalue weighted by molar-refractivity contribution is -0.123. The Morgan fingerprint density at radius 3 is 2.08 bits per heavy atom. The number of hydrogen-bond acceptors (Lipinski definition) is 5. The quantitative estimate of drug-likeness (QED) is 0.166. The fourth-order valence-electron chi connectivity index (χ4n) is 2.88. The summed E-state index contributed by atoms with van der Waals surface area (Å²) in [6.07, 6.45) is 2.68. The van der Waals surface area contributed by atoms with Crippen LogP contribution >= 0.6 is 15.9 Å². The second-order valence-electron chi connectivity index (χ2n) is 8.99. The summed E-state index contributed by atoms with van der Waals surface area (Å²) in [6.45, 7) is 5.41. The van der Waals surface area contributed by atoms with Gasteiger partial charge in [0.15, 0.2) is 0 Å². The molecule has 3 amide bonds. The maximum Gasteiger partial charge on any atom is 0.343 e. The maximum atomic E-state index is 12.4. The molecule has 0 atom stereocenters. The molecule has 37 heavy (non-hydrogen) atoms. The molecule has 0 bridgehead atoms. The molecule has 3 aromatic rings. The van der Waals surface area contributed by atoms with E-state index in [2.05, 4.69) is 32.1 Å². The molecular weight excluding hydrogens is 538 g/mol. The lowest BCUT2D eigenvalue weighted by Crippen LogP contribution is -2.40. The number of carbonyl (C=O) groups is 4. The largest absolute Gasteiger partial charge is 0.422 e. The second kappa shape index (κ2) is 12.1. The van der Waals surface area contributed by atoms with Gasteiger partial charge in [-0.25, -0.2) is 4.79 Å². The van der Waals surface area contributed by atoms with E-state index in [1.165, 1.54) is 24.3 Å². The van der Waals surface area contributed by atoms with E-state index < -0.39 is 23.2 Å². The van der Waals surface area contributed by atoms with Crippen LogP contribution in [0, 0.1) is 5.41 Å². The molecule has 3 rings (SSSR count). The summed E-state index contributed by atoms with van der Waals surface area (Å²) in [5, 5.41) is 2.78. The van der Waals surface area contributed by atoms with Gasteiger partial charge in [0.2, 0.25) is 5.91 Å². The molecule has 0 unspecified atom stereocenters. The number of ether oxygens (including phenoxy) is 1. The van der Waals surface area contributed by atoms with Crippen molar-refractivity contribution in [2.45, 2.75) is 20.8 Å². The molecular formula is C28H26BrN3O5. The first-order chi connectivity index (χ1) is 17.5. The van der Waals surface area contributed by atoms with E-state index in [0.29, 0.717) is 22.4 Å². The van der Waals surface area contributed by atoms with Gasteiger partial charge < -0.3 is 10.1 Å². The van der Waals surface area contributed by atoms with Crippen molar-refractivity contribution < 1.29 is 23.9 Å². The minimum absolute atomic E-state index is 0.145. The number of hydrazine groups is 1. The molecule has 3 N–H and O–H groups in total. The Hall–Kier alpha value is -4.24. The van der Waals surface area contributed by atoms with Crippen LogP contribution < -0.4 is 20.9 Å². The van der Waals surface area contributed by atoms with Crippen LogP contribution in [-0.2, 0) is 9.59 Å². The molecule has 8 nitrogen and oxygen atoms in total. The fourth-order valence-corrected chi connectivity index (χ4v) is 3.14. The Labute approximate surface area is 223 Å². The number of benzene rings is 3. The van der Waals surface area contributed by atoms with Gasteiger partial charge in [0.25, 0.3) is 11.8 Å². The molecule has 9 heteroatoms. The Kier molecular flexibility index (Phi) is 8.97. The average molecular weight is 564 g/mol. The summed E-state index contributed by atoms with van der Waals surface area (Å²) in [6, 6.07) is 19.8. The van der Waals surface area contributed by atoms with Gasteiger partial charge in [-0.05, 0) is 60.7 Å². The van der Waals surface area contributed by atoms with Crippen molar-refractivity contribution in [3.05, 3.63) is 100 Å². The zero-order chi connectivity index (χ0) is 27.0. The summed E-state index contributed by atoms with van der Waals surface area (Å²) in [5.74, 6) is -1.51. The number of anilines is 1. The first-order valence-corrected chi connectivity index (χ1v) is 12.1. The Morgan fingerprint density at radius 2 is 1.43 bits per heavy atom. The normalized spacial score (nSPS) is 11.0. The smallest absolute Gasteiger partial charge is 0.343 e. The number of para-hydroxylation sites is 1. The summed E-state index contributed by atoms with van der Waals surface area (Å²) in [5.41, 5.74) is 5.82. The van der Waals surface area contributed by atoms with Gasteiger partial charge in [-0.3, -0.25) is 25.2 Å². The van der Waals surface area contributed by atoms with Gasteiger partial charge in [-0.2, -0.15) is 0 Å². The number of rotatable bonds is 6. The molecule has 0 saturated heterocycles. The molecule has 0 aromatic heterocycles. The predicted octanol–water partition coefficient (Wildman–Crippen LogP) is 5.13. The van der Waals surface area contributed by atoms with E-state index in [-0.39, 0.29) is 11.7 Å². The Balaban J connectivity index is 1.55. The number of amides is 3. The fraction of sp³-hybridized carbons (Fsp3) is 0.143. The zero-order valence-corrected chi connectivity index (χ0v) is 22.1. The minimum Gasteiger partial charge on any atom is -0.422 e. The monoisotopic (exact) mass is 563 g/mol. The van der Waals surface area contributed by atoms with E-state index >= 15 is 0 Å². The summed E-state index contributed by atoms with van der Waals surface area (Å²) < 4.78 is 6.32. The molecule has 0 heterocycles. The molecule has 0 spiro atoms. The van der Waals surface area contributed by atoms with Crippen LogP contribution in [-0.4, -0.2) is 23.7 Å². The third kappa shape index (κ3) is 8.15. The van der Waals surface area contributed by atoms with Crippen LogP contribution in [0.15, 0.2) is 83.3 Å². The molecule has 0 fully saturated rings. The van der Waals surface area contributed by atoms with Crippen LogP contribution in [0.1, 0.15) is 47.1 Å². The lowest BCUT2D eigenvalue weighted by Gasteiger charge is -2.17. The van der Waals surface area contributed by atoms with E-state index in [1.54, 1.807) is 81.4 Å². The van der Waals surface area contributed by atoms with E-state index in [1.807, 2.05) is 0 Å². The predicted molar refractivity (Wildman–Crippen MR) is 145 cm³/mol. The van der Waals surface area contributed by atoms with Gasteiger partial charge in [0.1, 0.15) is 5.75 Å². The van der Waals surface area contributed by atoms with Gasteiger partial charge in [-0.1, -0.05) is 54.9 Å². The highest BCUT2D eigenvalue weighted by Crippen LogP contribution is 2.21. The Bertz CT molecular complexity index is 1330. The van der Waals surface area contributed by atoms with Crippen molar-refractivity contribution in [1.82, 2.24) is 10.9 Å². The van der Waals surface area contributed by atoms with Gasteiger partial charge in [-0.15, -0.1) is 0 Å². The molecule has 0 aliphatic rings. The Morgan fingerprint density at radius 1 is 0.811 bits per heavy atom. The number of carbonyl (C=O) groups excluding carboxylic acids is 4. The van der Waals surface area contributed by atoms with Gasteiger partial charge in [0.05, 0.1) is 5.56 Å². The van der Waals surface area contributed by atoms with Crippen molar-refractivity contribution >= 4 is 51.4 Å². The third-order valence-electron chi connectivity index (χ3n) is 5.00. The zero-order valence-electron chi connectivity index (χ0n) is 20.5. The minimum atomic E-state index is -0.587. The van der Waals surface area contributed by atoms with Crippen LogP contribution in [0.2, 0.25) is 0 Å². The third-order valence-corrected chi connectivity index (χ3v) is 5.53. The summed E-state index contributed by atoms with van der Waals surface area (Å²) in [7, 11) is 0. The lowest BCUT2D eigenvalue weighted by atomic mass is 9.95. The molecule has 190 valence electrons. The number of halogens is 1. The van der Waals surface area contributed by atoms with Crippen molar-refractivity contribution in [3.63, 3.8) is 0 Å². The van der Waals surface area contributed by atoms with Gasteiger partial charge >= 0.3 is 5.97 Å². The van der Waals surface area contributed by atoms with E-state index in [9.17, 15) is 19.2 Å². The maximum absolute atomic E-state index is 12.4. The van der Waals surface area contributed by atoms with E-state index in [4.69, 9.17) is 4.74 Å². The first-order valence-electron chi connectivity index (χ1n) is 11.3. The van der Waals surface area contributed by atoms with Gasteiger partial charge in [0, 0.05) is 32.8 Å². The van der Waals surface area contributed by atoms with Crippen molar-refractivity contribution in [2.75, 3.05) is 5.32 Å². The van der Waals surface area contributed by atoms with Crippen molar-refractivity contribution in [2.24, 2.45) is 5.41 Å². The molecule has 0 saturated carbocycles. The SMILES string of the molecule is CC(C)(C)C(=O)Nc1ccc(C(=O)NNC(=O)/C=C/c2ccccc2OC(=O)c2ccc(Br)cc2)cc1. The number of hydrogen-bond donors (Lipinski definition) is 3. The standard InChI is InChI=1S/C28H26BrN3O5/c1-28(2,3)27(36)30-22-15-10-19(11-16-22)25(34)32-31-24(33)17-12-18-6-4-5-7-23(18)37-26(35)20-8-13-21(29)14-9-20/h4-17H,1-3H3,(H,30,36)(H,31,33)(H,32,34)/b17-12+. The van der Waals surface area contributed by atoms with Crippen molar-refractivity contribution in [3.8, 4) is 5.75 Å². The highest BCUT2D eigenvalue weighted by molar-refractivity contribution is 9.10. The van der Waals surface area contributed by atoms with Crippen LogP contribution in [0.4, 0.5) is 5.69 Å². The molecule has 0 radical (unpaired) electrons. The number of nitrogens with one attached hydrogen (secondary N) is 3. The summed E-state index contributed by atoms with van der Waals surface area (Å²) in [4.78, 5) is 49.1. The molecule has 0 aliphatic heterocycles. The van der Waals surface area contributed by atoms with Crippen LogP contribution in [0.3, 0.4) is 0 Å². The van der Waals surface area contributed by atoms with Crippen molar-refractivity contribution in [1.29, 1.82) is 0 Å². The molecule has 0 aliphatic carbocycles.